The lowest BCUT2D eigenvalue weighted by molar-refractivity contribution is -0.179. The number of para-hydroxylation sites is 2. The fraction of sp³-hybridized carbons (Fsp3) is 0.317. The van der Waals surface area contributed by atoms with Crippen LogP contribution in [-0.4, -0.2) is 130 Å². The average Bonchev–Trinajstić information content (AvgIpc) is 2.26. The molecule has 1 spiro atoms. The molecule has 6 aromatic carbocycles. The molecule has 5 aliphatic rings. The number of hydrogen-bond donors (Lipinski definition) is 2. The van der Waals surface area contributed by atoms with Crippen LogP contribution in [0.25, 0.3) is 11.0 Å². The van der Waals surface area contributed by atoms with Crippen LogP contribution in [0.3, 0.4) is 0 Å². The Kier molecular flexibility index (Phi) is 14.7. The van der Waals surface area contributed by atoms with E-state index in [0.29, 0.717) is 58.9 Å². The van der Waals surface area contributed by atoms with E-state index in [2.05, 4.69) is 32.4 Å². The van der Waals surface area contributed by atoms with Crippen LogP contribution >= 0.6 is 0 Å². The van der Waals surface area contributed by atoms with Gasteiger partial charge in [0.15, 0.2) is 11.5 Å². The standard InChI is InChI=1S/C63H60N8O11/c1-39(2)53(59(74)78-3)64-62(77)70-47-26-24-40(15-14-28-69-48-22-12-11-21-46(48)65-66-69)35-45(47)63(61(70)76)52(58(73)68-31-29-67(30-32-68)37-41-25-27-50-51(36-41)81-38-80-50)55-60(75)82-56(43-18-8-5-9-19-43)54(42-16-6-4-7-17-42)71(55)57(63)44-20-10-13-23-49(44)79-34-33-72/h4-13,16-27,35-36,39,52-57,72H,28-34,37-38H2,1-3H3,(H,64,77)/t52-,53+,54-,55-,56+,57+,63-/m1/s1. The third-order valence-electron chi connectivity index (χ3n) is 16.3. The Morgan fingerprint density at radius 2 is 1.54 bits per heavy atom. The van der Waals surface area contributed by atoms with Gasteiger partial charge in [-0.3, -0.25) is 24.2 Å². The number of imide groups is 1. The minimum atomic E-state index is -2.17. The number of aliphatic hydroxyl groups is 1. The Morgan fingerprint density at radius 3 is 2.29 bits per heavy atom. The van der Waals surface area contributed by atoms with Gasteiger partial charge >= 0.3 is 18.0 Å². The zero-order chi connectivity index (χ0) is 56.6. The second-order valence-corrected chi connectivity index (χ2v) is 21.3. The number of piperazine rings is 1. The molecule has 0 unspecified atom stereocenters. The van der Waals surface area contributed by atoms with Crippen LogP contribution in [-0.2, 0) is 47.2 Å². The molecular weight excluding hydrogens is 1040 g/mol. The molecule has 0 saturated carbocycles. The van der Waals surface area contributed by atoms with Gasteiger partial charge in [0.2, 0.25) is 18.6 Å². The summed E-state index contributed by atoms with van der Waals surface area (Å²) in [4.78, 5) is 85.5. The molecule has 2 N–H and O–H groups in total. The minimum absolute atomic E-state index is 0.108. The van der Waals surface area contributed by atoms with Crippen molar-refractivity contribution in [3.63, 3.8) is 0 Å². The molecule has 0 aliphatic carbocycles. The predicted molar refractivity (Wildman–Crippen MR) is 299 cm³/mol. The van der Waals surface area contributed by atoms with E-state index < -0.39 is 77.3 Å². The van der Waals surface area contributed by atoms with Crippen molar-refractivity contribution >= 4 is 46.5 Å². The third kappa shape index (κ3) is 9.41. The number of amides is 4. The Morgan fingerprint density at radius 1 is 0.817 bits per heavy atom. The number of carbonyl (C=O) groups is 5. The van der Waals surface area contributed by atoms with E-state index >= 15 is 19.2 Å². The normalized spacial score (nSPS) is 22.3. The first-order valence-electron chi connectivity index (χ1n) is 27.4. The maximum absolute atomic E-state index is 17.1. The van der Waals surface area contributed by atoms with E-state index in [1.807, 2.05) is 108 Å². The molecule has 5 aliphatic heterocycles. The highest BCUT2D eigenvalue weighted by Crippen LogP contribution is 2.67. The molecule has 6 heterocycles. The maximum atomic E-state index is 17.1. The summed E-state index contributed by atoms with van der Waals surface area (Å²) in [5, 5.41) is 21.7. The van der Waals surface area contributed by atoms with Crippen LogP contribution < -0.4 is 24.4 Å². The molecule has 3 fully saturated rings. The van der Waals surface area contributed by atoms with Gasteiger partial charge in [-0.2, -0.15) is 0 Å². The van der Waals surface area contributed by atoms with Gasteiger partial charge in [-0.05, 0) is 76.7 Å². The van der Waals surface area contributed by atoms with Crippen molar-refractivity contribution in [1.82, 2.24) is 35.0 Å². The van der Waals surface area contributed by atoms with Crippen molar-refractivity contribution in [2.24, 2.45) is 11.8 Å². The van der Waals surface area contributed by atoms with Crippen LogP contribution in [0.15, 0.2) is 146 Å². The lowest BCUT2D eigenvalue weighted by Crippen LogP contribution is -2.59. The highest BCUT2D eigenvalue weighted by Gasteiger charge is 2.76. The number of cyclic esters (lactones) is 1. The first-order valence-corrected chi connectivity index (χ1v) is 27.4. The van der Waals surface area contributed by atoms with Crippen LogP contribution in [0.2, 0.25) is 0 Å². The number of carbonyl (C=O) groups excluding carboxylic acids is 5. The van der Waals surface area contributed by atoms with E-state index in [4.69, 9.17) is 23.7 Å². The first-order chi connectivity index (χ1) is 40.0. The maximum Gasteiger partial charge on any atom is 0.329 e. The minimum Gasteiger partial charge on any atom is -0.491 e. The van der Waals surface area contributed by atoms with Crippen LogP contribution in [0.1, 0.15) is 65.4 Å². The summed E-state index contributed by atoms with van der Waals surface area (Å²) in [6.07, 6.45) is -0.988. The monoisotopic (exact) mass is 1100 g/mol. The summed E-state index contributed by atoms with van der Waals surface area (Å²) in [5.41, 5.74) is 2.84. The van der Waals surface area contributed by atoms with Crippen molar-refractivity contribution < 1.29 is 52.8 Å². The van der Waals surface area contributed by atoms with Crippen molar-refractivity contribution in [2.45, 2.75) is 62.6 Å². The molecule has 7 atom stereocenters. The second kappa shape index (κ2) is 22.4. The number of rotatable bonds is 13. The zero-order valence-corrected chi connectivity index (χ0v) is 45.4. The van der Waals surface area contributed by atoms with Crippen LogP contribution in [0.4, 0.5) is 10.5 Å². The number of anilines is 1. The highest BCUT2D eigenvalue weighted by atomic mass is 16.7. The van der Waals surface area contributed by atoms with Crippen molar-refractivity contribution in [2.75, 3.05) is 58.2 Å². The Hall–Kier alpha value is -9.09. The number of fused-ring (bicyclic) bond motifs is 5. The molecule has 0 radical (unpaired) electrons. The fourth-order valence-corrected chi connectivity index (χ4v) is 12.6. The molecule has 19 nitrogen and oxygen atoms in total. The van der Waals surface area contributed by atoms with Crippen LogP contribution in [0.5, 0.6) is 17.2 Å². The summed E-state index contributed by atoms with van der Waals surface area (Å²) >= 11 is 0. The molecule has 1 aromatic heterocycles. The highest BCUT2D eigenvalue weighted by molar-refractivity contribution is 6.25. The largest absolute Gasteiger partial charge is 0.491 e. The van der Waals surface area contributed by atoms with E-state index in [1.54, 1.807) is 65.9 Å². The predicted octanol–water partition coefficient (Wildman–Crippen LogP) is 6.50. The lowest BCUT2D eigenvalue weighted by atomic mass is 9.64. The Balaban J connectivity index is 1.08. The lowest BCUT2D eigenvalue weighted by Gasteiger charge is -2.46. The number of ether oxygens (including phenoxy) is 5. The first kappa shape index (κ1) is 53.5. The number of benzene rings is 6. The van der Waals surface area contributed by atoms with Gasteiger partial charge in [-0.1, -0.05) is 128 Å². The summed E-state index contributed by atoms with van der Waals surface area (Å²) in [5.74, 6) is 3.22. The zero-order valence-electron chi connectivity index (χ0n) is 45.4. The van der Waals surface area contributed by atoms with Gasteiger partial charge in [-0.25, -0.2) is 19.2 Å². The molecular formula is C63H60N8O11. The van der Waals surface area contributed by atoms with Crippen LogP contribution in [0, 0.1) is 23.7 Å². The number of methoxy groups -OCH3 is 1. The number of nitrogens with one attached hydrogen (secondary N) is 1. The van der Waals surface area contributed by atoms with Gasteiger partial charge < -0.3 is 39.0 Å². The number of aromatic nitrogens is 3. The van der Waals surface area contributed by atoms with E-state index in [1.165, 1.54) is 7.11 Å². The van der Waals surface area contributed by atoms with Crippen molar-refractivity contribution in [3.8, 4) is 29.1 Å². The molecule has 7 aromatic rings. The third-order valence-corrected chi connectivity index (χ3v) is 16.3. The molecule has 4 amide bonds. The number of aliphatic hydroxyl groups excluding tert-OH is 1. The second-order valence-electron chi connectivity index (χ2n) is 21.3. The summed E-state index contributed by atoms with van der Waals surface area (Å²) in [6.45, 7) is 5.14. The fourth-order valence-electron chi connectivity index (χ4n) is 12.6. The van der Waals surface area contributed by atoms with Gasteiger partial charge in [-0.15, -0.1) is 5.10 Å². The SMILES string of the molecule is COC(=O)[C@@H](NC(=O)N1C(=O)[C@@]2(c3cc(C#CCn4nnc5ccccc54)ccc31)[C@H](c1ccccc1OCCO)N1[C@H](c3ccccc3)[C@H](c3ccccc3)OC(=O)[C@H]1[C@@H]2C(=O)N1CCN(Cc2ccc3c(c2)OCO3)CC1)C(C)C. The summed E-state index contributed by atoms with van der Waals surface area (Å²) in [6, 6.07) is 38.5. The van der Waals surface area contributed by atoms with Gasteiger partial charge in [0, 0.05) is 43.9 Å². The topological polar surface area (TPSA) is 207 Å². The number of hydrogen-bond acceptors (Lipinski definition) is 15. The van der Waals surface area contributed by atoms with Crippen molar-refractivity contribution in [1.29, 1.82) is 0 Å². The Bertz CT molecular complexity index is 3650. The Labute approximate surface area is 473 Å². The quantitative estimate of drug-likeness (QED) is 0.0934. The molecule has 12 rings (SSSR count). The molecule has 19 heteroatoms. The number of morpholine rings is 1. The number of nitrogens with zero attached hydrogens (tertiary/aromatic N) is 7. The summed E-state index contributed by atoms with van der Waals surface area (Å²) < 4.78 is 31.2. The molecule has 0 bridgehead atoms. The van der Waals surface area contributed by atoms with E-state index in [9.17, 15) is 9.90 Å². The van der Waals surface area contributed by atoms with Crippen molar-refractivity contribution in [3.05, 3.63) is 179 Å². The molecule has 82 heavy (non-hydrogen) atoms. The van der Waals surface area contributed by atoms with E-state index in [-0.39, 0.29) is 56.6 Å². The number of esters is 2. The van der Waals surface area contributed by atoms with Gasteiger partial charge in [0.05, 0.1) is 42.9 Å². The molecule has 3 saturated heterocycles. The van der Waals surface area contributed by atoms with E-state index in [0.717, 1.165) is 16.0 Å². The van der Waals surface area contributed by atoms with Gasteiger partial charge in [0.25, 0.3) is 0 Å². The molecule has 418 valence electrons. The number of urea groups is 1. The summed E-state index contributed by atoms with van der Waals surface area (Å²) in [7, 11) is 1.22. The average molecular weight is 1110 g/mol. The van der Waals surface area contributed by atoms with Gasteiger partial charge in [0.1, 0.15) is 48.0 Å². The smallest absolute Gasteiger partial charge is 0.329 e.